The van der Waals surface area contributed by atoms with Crippen LogP contribution >= 0.6 is 0 Å². The van der Waals surface area contributed by atoms with Crippen molar-refractivity contribution in [2.75, 3.05) is 6.54 Å². The molecule has 0 spiro atoms. The zero-order valence-electron chi connectivity index (χ0n) is 7.89. The summed E-state index contributed by atoms with van der Waals surface area (Å²) >= 11 is 0. The monoisotopic (exact) mass is 169 g/mol. The highest BCUT2D eigenvalue weighted by Crippen LogP contribution is 2.08. The molecule has 3 heteroatoms. The van der Waals surface area contributed by atoms with Gasteiger partial charge < -0.3 is 9.58 Å². The van der Waals surface area contributed by atoms with E-state index in [-0.39, 0.29) is 5.97 Å². The van der Waals surface area contributed by atoms with Crippen LogP contribution in [0, 0.1) is 6.57 Å². The van der Waals surface area contributed by atoms with E-state index < -0.39 is 5.60 Å². The van der Waals surface area contributed by atoms with Crippen molar-refractivity contribution < 1.29 is 9.53 Å². The van der Waals surface area contributed by atoms with Gasteiger partial charge in [0.25, 0.3) is 0 Å². The number of rotatable bonds is 3. The molecule has 0 aromatic heterocycles. The van der Waals surface area contributed by atoms with Crippen LogP contribution < -0.4 is 0 Å². The van der Waals surface area contributed by atoms with Gasteiger partial charge in [0.1, 0.15) is 5.60 Å². The van der Waals surface area contributed by atoms with Crippen molar-refractivity contribution in [2.24, 2.45) is 0 Å². The number of nitrogens with zero attached hydrogens (tertiary/aromatic N) is 1. The smallest absolute Gasteiger partial charge is 0.306 e. The molecule has 0 heterocycles. The van der Waals surface area contributed by atoms with Crippen molar-refractivity contribution >= 4 is 5.97 Å². The van der Waals surface area contributed by atoms with Gasteiger partial charge in [0.05, 0.1) is 6.42 Å². The van der Waals surface area contributed by atoms with Crippen molar-refractivity contribution in [1.29, 1.82) is 0 Å². The Labute approximate surface area is 73.5 Å². The van der Waals surface area contributed by atoms with Gasteiger partial charge in [0.2, 0.25) is 6.54 Å². The SMILES string of the molecule is [C-]#[N+]CCCC(=O)OC(C)(C)C. The molecule has 0 saturated heterocycles. The molecule has 0 N–H and O–H groups in total. The molecule has 68 valence electrons. The van der Waals surface area contributed by atoms with E-state index in [0.717, 1.165) is 0 Å². The quantitative estimate of drug-likeness (QED) is 0.367. The summed E-state index contributed by atoms with van der Waals surface area (Å²) in [5.74, 6) is -0.217. The first-order chi connectivity index (χ1) is 5.45. The molecule has 3 nitrogen and oxygen atoms in total. The topological polar surface area (TPSA) is 30.7 Å². The van der Waals surface area contributed by atoms with Crippen LogP contribution in [0.2, 0.25) is 0 Å². The van der Waals surface area contributed by atoms with Crippen LogP contribution in [-0.4, -0.2) is 18.1 Å². The standard InChI is InChI=1S/C9H15NO2/c1-9(2,3)12-8(11)6-5-7-10-4/h5-7H2,1-3H3. The molecule has 0 saturated carbocycles. The van der Waals surface area contributed by atoms with E-state index in [9.17, 15) is 4.79 Å². The zero-order valence-corrected chi connectivity index (χ0v) is 7.89. The number of carbonyl (C=O) groups is 1. The fraction of sp³-hybridized carbons (Fsp3) is 0.778. The minimum Gasteiger partial charge on any atom is -0.460 e. The van der Waals surface area contributed by atoms with Gasteiger partial charge in [0, 0.05) is 6.42 Å². The second kappa shape index (κ2) is 4.76. The molecule has 0 aliphatic carbocycles. The summed E-state index contributed by atoms with van der Waals surface area (Å²) in [6.45, 7) is 12.4. The maximum absolute atomic E-state index is 11.0. The van der Waals surface area contributed by atoms with Crippen molar-refractivity contribution in [3.05, 3.63) is 11.4 Å². The lowest BCUT2D eigenvalue weighted by atomic mass is 10.2. The van der Waals surface area contributed by atoms with Crippen LogP contribution in [0.5, 0.6) is 0 Å². The Morgan fingerprint density at radius 2 is 2.08 bits per heavy atom. The van der Waals surface area contributed by atoms with E-state index in [1.54, 1.807) is 0 Å². The maximum atomic E-state index is 11.0. The highest BCUT2D eigenvalue weighted by atomic mass is 16.6. The Bertz CT molecular complexity index is 186. The number of esters is 1. The van der Waals surface area contributed by atoms with Crippen LogP contribution in [0.1, 0.15) is 33.6 Å². The molecule has 0 rings (SSSR count). The van der Waals surface area contributed by atoms with Gasteiger partial charge in [-0.15, -0.1) is 0 Å². The predicted octanol–water partition coefficient (Wildman–Crippen LogP) is 2.03. The van der Waals surface area contributed by atoms with E-state index in [1.807, 2.05) is 20.8 Å². The van der Waals surface area contributed by atoms with Crippen LogP contribution in [0.15, 0.2) is 0 Å². The summed E-state index contributed by atoms with van der Waals surface area (Å²) in [6, 6.07) is 0. The molecule has 0 aliphatic heterocycles. The minimum absolute atomic E-state index is 0.217. The molecule has 0 aromatic rings. The average molecular weight is 169 g/mol. The molecule has 0 aliphatic rings. The third kappa shape index (κ3) is 7.07. The number of hydrogen-bond donors (Lipinski definition) is 0. The Morgan fingerprint density at radius 3 is 2.50 bits per heavy atom. The molecule has 0 atom stereocenters. The van der Waals surface area contributed by atoms with E-state index in [4.69, 9.17) is 11.3 Å². The molecule has 0 bridgehead atoms. The van der Waals surface area contributed by atoms with Gasteiger partial charge in [-0.05, 0) is 20.8 Å². The van der Waals surface area contributed by atoms with Crippen molar-refractivity contribution in [1.82, 2.24) is 0 Å². The van der Waals surface area contributed by atoms with Crippen LogP contribution in [0.3, 0.4) is 0 Å². The van der Waals surface area contributed by atoms with E-state index in [2.05, 4.69) is 4.85 Å². The van der Waals surface area contributed by atoms with Gasteiger partial charge in [-0.1, -0.05) is 0 Å². The first-order valence-corrected chi connectivity index (χ1v) is 4.01. The zero-order chi connectivity index (χ0) is 9.61. The van der Waals surface area contributed by atoms with Gasteiger partial charge in [-0.2, -0.15) is 0 Å². The molecule has 0 fully saturated rings. The third-order valence-corrected chi connectivity index (χ3v) is 1.07. The molecule has 12 heavy (non-hydrogen) atoms. The summed E-state index contributed by atoms with van der Waals surface area (Å²) < 4.78 is 5.04. The Hall–Kier alpha value is -1.04. The molecule has 0 unspecified atom stereocenters. The molecular weight excluding hydrogens is 154 g/mol. The summed E-state index contributed by atoms with van der Waals surface area (Å²) in [7, 11) is 0. The first kappa shape index (κ1) is 11.0. The average Bonchev–Trinajstić information content (AvgIpc) is 1.84. The lowest BCUT2D eigenvalue weighted by Crippen LogP contribution is -2.23. The summed E-state index contributed by atoms with van der Waals surface area (Å²) in [5.41, 5.74) is -0.408. The molecular formula is C9H15NO2. The van der Waals surface area contributed by atoms with Crippen molar-refractivity contribution in [3.63, 3.8) is 0 Å². The second-order valence-electron chi connectivity index (χ2n) is 3.57. The van der Waals surface area contributed by atoms with Crippen LogP contribution in [0.4, 0.5) is 0 Å². The number of ether oxygens (including phenoxy) is 1. The second-order valence-corrected chi connectivity index (χ2v) is 3.57. The van der Waals surface area contributed by atoms with Gasteiger partial charge >= 0.3 is 5.97 Å². The van der Waals surface area contributed by atoms with E-state index >= 15 is 0 Å². The Balaban J connectivity index is 3.56. The third-order valence-electron chi connectivity index (χ3n) is 1.07. The fourth-order valence-corrected chi connectivity index (χ4v) is 0.695. The lowest BCUT2D eigenvalue weighted by Gasteiger charge is -2.18. The van der Waals surface area contributed by atoms with E-state index in [0.29, 0.717) is 19.4 Å². The highest BCUT2D eigenvalue weighted by molar-refractivity contribution is 5.69. The van der Waals surface area contributed by atoms with Crippen molar-refractivity contribution in [3.8, 4) is 0 Å². The van der Waals surface area contributed by atoms with Crippen LogP contribution in [0.25, 0.3) is 4.85 Å². The molecule has 0 aromatic carbocycles. The molecule has 0 radical (unpaired) electrons. The number of carbonyl (C=O) groups excluding carboxylic acids is 1. The van der Waals surface area contributed by atoms with Crippen molar-refractivity contribution in [2.45, 2.75) is 39.2 Å². The lowest BCUT2D eigenvalue weighted by molar-refractivity contribution is -0.154. The maximum Gasteiger partial charge on any atom is 0.306 e. The van der Waals surface area contributed by atoms with Gasteiger partial charge in [-0.3, -0.25) is 4.79 Å². The predicted molar refractivity (Wildman–Crippen MR) is 46.5 cm³/mol. The van der Waals surface area contributed by atoms with E-state index in [1.165, 1.54) is 0 Å². The number of hydrogen-bond acceptors (Lipinski definition) is 2. The first-order valence-electron chi connectivity index (χ1n) is 4.01. The normalized spacial score (nSPS) is 10.5. The summed E-state index contributed by atoms with van der Waals surface area (Å²) in [5, 5.41) is 0. The largest absolute Gasteiger partial charge is 0.460 e. The fourth-order valence-electron chi connectivity index (χ4n) is 0.695. The molecule has 0 amide bonds. The Kier molecular flexibility index (Phi) is 4.35. The van der Waals surface area contributed by atoms with Gasteiger partial charge in [0.15, 0.2) is 0 Å². The summed E-state index contributed by atoms with van der Waals surface area (Å²) in [6.07, 6.45) is 0.943. The van der Waals surface area contributed by atoms with Gasteiger partial charge in [-0.25, -0.2) is 6.57 Å². The highest BCUT2D eigenvalue weighted by Gasteiger charge is 2.15. The minimum atomic E-state index is -0.408. The summed E-state index contributed by atoms with van der Waals surface area (Å²) in [4.78, 5) is 14.2. The Morgan fingerprint density at radius 1 is 1.50 bits per heavy atom. The van der Waals surface area contributed by atoms with Crippen LogP contribution in [-0.2, 0) is 9.53 Å².